The smallest absolute Gasteiger partial charge is 0.152 e. The Hall–Kier alpha value is -1.41. The molecule has 110 valence electrons. The van der Waals surface area contributed by atoms with E-state index in [0.717, 1.165) is 18.4 Å². The Morgan fingerprint density at radius 3 is 2.50 bits per heavy atom. The monoisotopic (exact) mass is 274 g/mol. The molecule has 0 radical (unpaired) electrons. The van der Waals surface area contributed by atoms with Gasteiger partial charge in [0.25, 0.3) is 0 Å². The highest BCUT2D eigenvalue weighted by molar-refractivity contribution is 5.87. The number of rotatable bonds is 4. The third-order valence-electron chi connectivity index (χ3n) is 3.68. The Balaban J connectivity index is 2.88. The van der Waals surface area contributed by atoms with Crippen molar-refractivity contribution in [2.45, 2.75) is 53.6 Å². The van der Waals surface area contributed by atoms with Crippen LogP contribution in [0.2, 0.25) is 0 Å². The highest BCUT2D eigenvalue weighted by atomic mass is 16.3. The molecule has 1 unspecified atom stereocenters. The average Bonchev–Trinajstić information content (AvgIpc) is 2.25. The van der Waals surface area contributed by atoms with E-state index in [1.54, 1.807) is 19.1 Å². The SMILES string of the molecule is CC(=O)/C=C/C=C(C)/C=C/C1=C(C)CC(O)CC1(C)C. The summed E-state index contributed by atoms with van der Waals surface area (Å²) < 4.78 is 0. The van der Waals surface area contributed by atoms with E-state index in [1.807, 2.05) is 13.0 Å². The third kappa shape index (κ3) is 4.93. The first-order chi connectivity index (χ1) is 9.22. The zero-order valence-electron chi connectivity index (χ0n) is 13.2. The van der Waals surface area contributed by atoms with Crippen LogP contribution in [0.15, 0.2) is 47.1 Å². The summed E-state index contributed by atoms with van der Waals surface area (Å²) in [6.07, 6.45) is 10.8. The van der Waals surface area contributed by atoms with Crippen molar-refractivity contribution in [3.63, 3.8) is 0 Å². The number of aliphatic hydroxyl groups excluding tert-OH is 1. The Kier molecular flexibility index (Phi) is 5.70. The first-order valence-electron chi connectivity index (χ1n) is 7.14. The Morgan fingerprint density at radius 1 is 1.30 bits per heavy atom. The van der Waals surface area contributed by atoms with Gasteiger partial charge in [0.15, 0.2) is 5.78 Å². The molecule has 0 spiro atoms. The first-order valence-corrected chi connectivity index (χ1v) is 7.14. The van der Waals surface area contributed by atoms with Crippen LogP contribution in [0, 0.1) is 5.41 Å². The maximum atomic E-state index is 10.8. The van der Waals surface area contributed by atoms with Crippen LogP contribution in [0.1, 0.15) is 47.5 Å². The van der Waals surface area contributed by atoms with Gasteiger partial charge in [-0.2, -0.15) is 0 Å². The lowest BCUT2D eigenvalue weighted by Crippen LogP contribution is -2.28. The molecule has 2 nitrogen and oxygen atoms in total. The van der Waals surface area contributed by atoms with E-state index in [9.17, 15) is 9.90 Å². The van der Waals surface area contributed by atoms with E-state index in [2.05, 4.69) is 32.9 Å². The second kappa shape index (κ2) is 6.85. The van der Waals surface area contributed by atoms with Crippen molar-refractivity contribution in [3.8, 4) is 0 Å². The van der Waals surface area contributed by atoms with Gasteiger partial charge in [-0.05, 0) is 50.7 Å². The quantitative estimate of drug-likeness (QED) is 0.618. The van der Waals surface area contributed by atoms with Gasteiger partial charge < -0.3 is 5.11 Å². The Bertz CT molecular complexity index is 488. The molecule has 1 aliphatic rings. The lowest BCUT2D eigenvalue weighted by Gasteiger charge is -2.35. The molecule has 0 aromatic rings. The molecular weight excluding hydrogens is 248 g/mol. The van der Waals surface area contributed by atoms with E-state index in [4.69, 9.17) is 0 Å². The predicted molar refractivity (Wildman–Crippen MR) is 84.4 cm³/mol. The number of ketones is 1. The molecule has 0 aliphatic heterocycles. The maximum absolute atomic E-state index is 10.8. The number of allylic oxidation sites excluding steroid dienone is 7. The van der Waals surface area contributed by atoms with E-state index >= 15 is 0 Å². The fourth-order valence-corrected chi connectivity index (χ4v) is 2.79. The van der Waals surface area contributed by atoms with Gasteiger partial charge in [-0.25, -0.2) is 0 Å². The normalized spacial score (nSPS) is 23.9. The molecule has 0 amide bonds. The van der Waals surface area contributed by atoms with E-state index < -0.39 is 0 Å². The summed E-state index contributed by atoms with van der Waals surface area (Å²) in [5.74, 6) is 0.0546. The summed E-state index contributed by atoms with van der Waals surface area (Å²) in [4.78, 5) is 10.8. The van der Waals surface area contributed by atoms with Crippen LogP contribution >= 0.6 is 0 Å². The summed E-state index contributed by atoms with van der Waals surface area (Å²) in [7, 11) is 0. The van der Waals surface area contributed by atoms with Gasteiger partial charge in [0.2, 0.25) is 0 Å². The summed E-state index contributed by atoms with van der Waals surface area (Å²) >= 11 is 0. The third-order valence-corrected chi connectivity index (χ3v) is 3.68. The van der Waals surface area contributed by atoms with Crippen LogP contribution in [0.4, 0.5) is 0 Å². The van der Waals surface area contributed by atoms with Crippen molar-refractivity contribution < 1.29 is 9.90 Å². The number of hydrogen-bond acceptors (Lipinski definition) is 2. The van der Waals surface area contributed by atoms with Crippen LogP contribution in [0.5, 0.6) is 0 Å². The highest BCUT2D eigenvalue weighted by Crippen LogP contribution is 2.40. The van der Waals surface area contributed by atoms with Crippen molar-refractivity contribution in [3.05, 3.63) is 47.1 Å². The first kappa shape index (κ1) is 16.6. The molecule has 0 bridgehead atoms. The minimum absolute atomic E-state index is 0.00769. The highest BCUT2D eigenvalue weighted by Gasteiger charge is 2.31. The van der Waals surface area contributed by atoms with Gasteiger partial charge in [-0.15, -0.1) is 0 Å². The minimum Gasteiger partial charge on any atom is -0.393 e. The van der Waals surface area contributed by atoms with Gasteiger partial charge in [-0.3, -0.25) is 4.79 Å². The molecule has 1 aliphatic carbocycles. The topological polar surface area (TPSA) is 37.3 Å². The Morgan fingerprint density at radius 2 is 1.95 bits per heavy atom. The largest absolute Gasteiger partial charge is 0.393 e. The van der Waals surface area contributed by atoms with Crippen molar-refractivity contribution >= 4 is 5.78 Å². The Labute approximate surface area is 122 Å². The molecule has 0 heterocycles. The number of hydrogen-bond donors (Lipinski definition) is 1. The number of carbonyl (C=O) groups excluding carboxylic acids is 1. The van der Waals surface area contributed by atoms with Crippen LogP contribution in [-0.2, 0) is 4.79 Å². The second-order valence-corrected chi connectivity index (χ2v) is 6.35. The van der Waals surface area contributed by atoms with E-state index in [-0.39, 0.29) is 17.3 Å². The van der Waals surface area contributed by atoms with Crippen LogP contribution < -0.4 is 0 Å². The molecule has 1 atom stereocenters. The van der Waals surface area contributed by atoms with E-state index in [0.29, 0.717) is 0 Å². The van der Waals surface area contributed by atoms with Crippen molar-refractivity contribution in [1.82, 2.24) is 0 Å². The molecule has 1 N–H and O–H groups in total. The van der Waals surface area contributed by atoms with Crippen LogP contribution in [0.3, 0.4) is 0 Å². The molecule has 0 fully saturated rings. The average molecular weight is 274 g/mol. The van der Waals surface area contributed by atoms with Gasteiger partial charge in [0, 0.05) is 0 Å². The van der Waals surface area contributed by atoms with Crippen LogP contribution in [0.25, 0.3) is 0 Å². The minimum atomic E-state index is -0.225. The molecular formula is C18H26O2. The van der Waals surface area contributed by atoms with Gasteiger partial charge >= 0.3 is 0 Å². The fraction of sp³-hybridized carbons (Fsp3) is 0.500. The fourth-order valence-electron chi connectivity index (χ4n) is 2.79. The van der Waals surface area contributed by atoms with Gasteiger partial charge in [0.1, 0.15) is 0 Å². The molecule has 1 rings (SSSR count). The summed E-state index contributed by atoms with van der Waals surface area (Å²) in [5.41, 5.74) is 3.68. The van der Waals surface area contributed by atoms with Crippen molar-refractivity contribution in [1.29, 1.82) is 0 Å². The molecule has 0 aromatic heterocycles. The van der Waals surface area contributed by atoms with Gasteiger partial charge in [-0.1, -0.05) is 49.3 Å². The summed E-state index contributed by atoms with van der Waals surface area (Å²) in [6.45, 7) is 10.0. The number of carbonyl (C=O) groups is 1. The summed E-state index contributed by atoms with van der Waals surface area (Å²) in [6, 6.07) is 0. The van der Waals surface area contributed by atoms with Crippen molar-refractivity contribution in [2.24, 2.45) is 5.41 Å². The molecule has 0 saturated heterocycles. The van der Waals surface area contributed by atoms with Gasteiger partial charge in [0.05, 0.1) is 6.10 Å². The summed E-state index contributed by atoms with van der Waals surface area (Å²) in [5, 5.41) is 9.87. The molecule has 2 heteroatoms. The maximum Gasteiger partial charge on any atom is 0.152 e. The lowest BCUT2D eigenvalue weighted by molar-refractivity contribution is -0.112. The van der Waals surface area contributed by atoms with Crippen molar-refractivity contribution in [2.75, 3.05) is 0 Å². The standard InChI is InChI=1S/C18H26O2/c1-13(7-6-8-15(3)19)9-10-17-14(2)11-16(20)12-18(17,4)5/h6-10,16,20H,11-12H2,1-5H3/b8-6+,10-9+,13-7+. The lowest BCUT2D eigenvalue weighted by atomic mass is 9.71. The zero-order chi connectivity index (χ0) is 15.3. The molecule has 20 heavy (non-hydrogen) atoms. The predicted octanol–water partition coefficient (Wildman–Crippen LogP) is 4.13. The van der Waals surface area contributed by atoms with Crippen LogP contribution in [-0.4, -0.2) is 17.0 Å². The molecule has 0 aromatic carbocycles. The molecule has 0 saturated carbocycles. The van der Waals surface area contributed by atoms with E-state index in [1.165, 1.54) is 11.1 Å². The number of aliphatic hydroxyl groups is 1. The zero-order valence-corrected chi connectivity index (χ0v) is 13.2. The second-order valence-electron chi connectivity index (χ2n) is 6.35.